The van der Waals surface area contributed by atoms with Crippen molar-refractivity contribution in [2.75, 3.05) is 26.2 Å². The zero-order valence-electron chi connectivity index (χ0n) is 23.2. The Bertz CT molecular complexity index is 1110. The summed E-state index contributed by atoms with van der Waals surface area (Å²) in [7, 11) is 0. The summed E-state index contributed by atoms with van der Waals surface area (Å²) in [4.78, 5) is 15.1. The quantitative estimate of drug-likeness (QED) is 0.292. The zero-order valence-corrected chi connectivity index (χ0v) is 23.2. The highest BCUT2D eigenvalue weighted by Gasteiger charge is 2.14. The molecule has 0 saturated heterocycles. The van der Waals surface area contributed by atoms with E-state index in [1.807, 2.05) is 37.3 Å². The number of benzene rings is 3. The van der Waals surface area contributed by atoms with Crippen LogP contribution in [0.2, 0.25) is 0 Å². The van der Waals surface area contributed by atoms with Crippen LogP contribution in [0, 0.1) is 18.7 Å². The van der Waals surface area contributed by atoms with E-state index in [1.54, 1.807) is 12.1 Å². The van der Waals surface area contributed by atoms with Crippen LogP contribution < -0.4 is 5.32 Å². The Balaban J connectivity index is 0.000000427. The van der Waals surface area contributed by atoms with Gasteiger partial charge in [-0.25, -0.2) is 4.39 Å². The van der Waals surface area contributed by atoms with Crippen LogP contribution in [0.25, 0.3) is 0 Å². The molecule has 0 saturated carbocycles. The molecule has 4 rings (SSSR count). The number of carbonyl (C=O) groups is 1. The van der Waals surface area contributed by atoms with Crippen molar-refractivity contribution >= 4 is 5.78 Å². The molecular weight excluding hydrogens is 475 g/mol. The SMILES string of the molecule is CCN(CCC(C)CCC(=O)c1ccc2c(c1)CCNCC2)Cc1ccc(F)cc1.Cc1ccc(O)cc1. The number of aryl methyl sites for hydroxylation is 1. The minimum absolute atomic E-state index is 0.189. The molecule has 0 amide bonds. The fourth-order valence-corrected chi connectivity index (χ4v) is 4.66. The van der Waals surface area contributed by atoms with Crippen LogP contribution in [0.4, 0.5) is 4.39 Å². The van der Waals surface area contributed by atoms with Crippen LogP contribution >= 0.6 is 0 Å². The topological polar surface area (TPSA) is 52.6 Å². The standard InChI is InChI=1S/C26H35FN2O.C7H8O/c1-3-29(19-21-5-9-25(27)10-6-21)17-14-20(2)4-11-26(30)24-8-7-22-12-15-28-16-13-23(22)18-24;1-6-2-4-7(8)5-3-6/h5-10,18,20,28H,3-4,11-17,19H2,1-2H3;2-5,8H,1H3. The maximum atomic E-state index is 13.1. The van der Waals surface area contributed by atoms with Crippen molar-refractivity contribution in [3.63, 3.8) is 0 Å². The number of hydrogen-bond donors (Lipinski definition) is 2. The summed E-state index contributed by atoms with van der Waals surface area (Å²) in [6.45, 7) is 11.2. The van der Waals surface area contributed by atoms with Gasteiger partial charge in [0.25, 0.3) is 0 Å². The van der Waals surface area contributed by atoms with Crippen molar-refractivity contribution in [1.82, 2.24) is 10.2 Å². The van der Waals surface area contributed by atoms with E-state index in [1.165, 1.54) is 28.8 Å². The fourth-order valence-electron chi connectivity index (χ4n) is 4.66. The average molecular weight is 519 g/mol. The first-order valence-electron chi connectivity index (χ1n) is 13.9. The molecule has 0 radical (unpaired) electrons. The number of ketones is 1. The number of phenols is 1. The van der Waals surface area contributed by atoms with Crippen LogP contribution in [-0.4, -0.2) is 42.0 Å². The van der Waals surface area contributed by atoms with Crippen molar-refractivity contribution in [1.29, 1.82) is 0 Å². The zero-order chi connectivity index (χ0) is 27.3. The highest BCUT2D eigenvalue weighted by Crippen LogP contribution is 2.19. The average Bonchev–Trinajstić information content (AvgIpc) is 3.17. The van der Waals surface area contributed by atoms with E-state index in [0.717, 1.165) is 69.5 Å². The molecule has 0 aliphatic carbocycles. The summed E-state index contributed by atoms with van der Waals surface area (Å²) in [6, 6.07) is 20.1. The maximum absolute atomic E-state index is 13.1. The predicted molar refractivity (Wildman–Crippen MR) is 154 cm³/mol. The summed E-state index contributed by atoms with van der Waals surface area (Å²) in [6.07, 6.45) is 4.66. The van der Waals surface area contributed by atoms with Crippen molar-refractivity contribution in [3.8, 4) is 5.75 Å². The van der Waals surface area contributed by atoms with Crippen molar-refractivity contribution in [3.05, 3.63) is 100 Å². The van der Waals surface area contributed by atoms with Crippen molar-refractivity contribution in [2.24, 2.45) is 5.92 Å². The normalized spacial score (nSPS) is 13.7. The summed E-state index contributed by atoms with van der Waals surface area (Å²) in [5, 5.41) is 12.2. The Morgan fingerprint density at radius 2 is 1.66 bits per heavy atom. The Morgan fingerprint density at radius 1 is 0.974 bits per heavy atom. The lowest BCUT2D eigenvalue weighted by atomic mass is 9.94. The molecule has 0 fully saturated rings. The molecule has 3 aromatic carbocycles. The van der Waals surface area contributed by atoms with Crippen LogP contribution in [0.3, 0.4) is 0 Å². The van der Waals surface area contributed by atoms with Gasteiger partial charge in [-0.3, -0.25) is 9.69 Å². The first kappa shape index (κ1) is 29.5. The first-order valence-corrected chi connectivity index (χ1v) is 13.9. The third-order valence-electron chi connectivity index (χ3n) is 7.27. The van der Waals surface area contributed by atoms with Gasteiger partial charge in [0.2, 0.25) is 0 Å². The molecule has 1 heterocycles. The van der Waals surface area contributed by atoms with Gasteiger partial charge in [-0.1, -0.05) is 55.8 Å². The number of halogens is 1. The summed E-state index contributed by atoms with van der Waals surface area (Å²) in [5.74, 6) is 0.906. The van der Waals surface area contributed by atoms with Crippen molar-refractivity contribution < 1.29 is 14.3 Å². The van der Waals surface area contributed by atoms with Gasteiger partial charge in [-0.2, -0.15) is 0 Å². The van der Waals surface area contributed by atoms with Crippen LogP contribution in [0.1, 0.15) is 65.7 Å². The lowest BCUT2D eigenvalue weighted by molar-refractivity contribution is 0.0972. The molecule has 3 aromatic rings. The fraction of sp³-hybridized carbons (Fsp3) is 0.424. The minimum atomic E-state index is -0.189. The second kappa shape index (κ2) is 15.4. The van der Waals surface area contributed by atoms with Crippen LogP contribution in [0.5, 0.6) is 5.75 Å². The van der Waals surface area contributed by atoms with Gasteiger partial charge in [-0.15, -0.1) is 0 Å². The van der Waals surface area contributed by atoms with Crippen molar-refractivity contribution in [2.45, 2.75) is 59.4 Å². The number of aromatic hydroxyl groups is 1. The number of nitrogens with one attached hydrogen (secondary N) is 1. The number of phenolic OH excluding ortho intramolecular Hbond substituents is 1. The second-order valence-electron chi connectivity index (χ2n) is 10.4. The Morgan fingerprint density at radius 3 is 2.32 bits per heavy atom. The molecule has 1 aliphatic heterocycles. The Kier molecular flexibility index (Phi) is 12.0. The van der Waals surface area contributed by atoms with Gasteiger partial charge in [0.05, 0.1) is 0 Å². The van der Waals surface area contributed by atoms with Gasteiger partial charge < -0.3 is 10.4 Å². The van der Waals surface area contributed by atoms with E-state index >= 15 is 0 Å². The van der Waals surface area contributed by atoms with Gasteiger partial charge in [0, 0.05) is 18.5 Å². The maximum Gasteiger partial charge on any atom is 0.162 e. The predicted octanol–water partition coefficient (Wildman–Crippen LogP) is 6.73. The Labute approximate surface area is 227 Å². The first-order chi connectivity index (χ1) is 18.3. The highest BCUT2D eigenvalue weighted by molar-refractivity contribution is 5.96. The second-order valence-corrected chi connectivity index (χ2v) is 10.4. The number of fused-ring (bicyclic) bond motifs is 1. The van der Waals surface area contributed by atoms with Gasteiger partial charge in [0.1, 0.15) is 11.6 Å². The lowest BCUT2D eigenvalue weighted by Gasteiger charge is -2.22. The number of carbonyl (C=O) groups excluding carboxylic acids is 1. The molecule has 1 atom stereocenters. The lowest BCUT2D eigenvalue weighted by Crippen LogP contribution is -2.25. The van der Waals surface area contributed by atoms with Crippen LogP contribution in [-0.2, 0) is 19.4 Å². The van der Waals surface area contributed by atoms with Gasteiger partial charge >= 0.3 is 0 Å². The van der Waals surface area contributed by atoms with Gasteiger partial charge in [0.15, 0.2) is 5.78 Å². The van der Waals surface area contributed by atoms with E-state index in [-0.39, 0.29) is 11.6 Å². The van der Waals surface area contributed by atoms with E-state index < -0.39 is 0 Å². The number of hydrogen-bond acceptors (Lipinski definition) is 4. The molecule has 0 bridgehead atoms. The van der Waals surface area contributed by atoms with Crippen LogP contribution in [0.15, 0.2) is 66.7 Å². The molecule has 1 aliphatic rings. The molecule has 5 heteroatoms. The monoisotopic (exact) mass is 518 g/mol. The summed E-state index contributed by atoms with van der Waals surface area (Å²) >= 11 is 0. The molecule has 1 unspecified atom stereocenters. The molecule has 204 valence electrons. The molecule has 38 heavy (non-hydrogen) atoms. The highest BCUT2D eigenvalue weighted by atomic mass is 19.1. The van der Waals surface area contributed by atoms with E-state index in [0.29, 0.717) is 18.1 Å². The smallest absolute Gasteiger partial charge is 0.162 e. The van der Waals surface area contributed by atoms with E-state index in [2.05, 4.69) is 36.2 Å². The van der Waals surface area contributed by atoms with E-state index in [4.69, 9.17) is 5.11 Å². The molecular formula is C33H43FN2O2. The van der Waals surface area contributed by atoms with E-state index in [9.17, 15) is 9.18 Å². The number of nitrogens with zero attached hydrogens (tertiary/aromatic N) is 1. The molecule has 0 aromatic heterocycles. The van der Waals surface area contributed by atoms with Gasteiger partial charge in [-0.05, 0) is 112 Å². The third kappa shape index (κ3) is 10.0. The minimum Gasteiger partial charge on any atom is -0.508 e. The molecule has 4 nitrogen and oxygen atoms in total. The third-order valence-corrected chi connectivity index (χ3v) is 7.27. The summed E-state index contributed by atoms with van der Waals surface area (Å²) in [5.41, 5.74) is 5.89. The molecule has 2 N–H and O–H groups in total. The molecule has 0 spiro atoms. The number of Topliss-reactive ketones (excluding diaryl/α,β-unsaturated/α-hetero) is 1. The Hall–Kier alpha value is -3.02. The summed E-state index contributed by atoms with van der Waals surface area (Å²) < 4.78 is 13.1. The number of rotatable bonds is 10. The largest absolute Gasteiger partial charge is 0.508 e.